The molecule has 3 aromatic rings. The number of aryl methyl sites for hydroxylation is 1. The van der Waals surface area contributed by atoms with Crippen LogP contribution in [0.3, 0.4) is 0 Å². The summed E-state index contributed by atoms with van der Waals surface area (Å²) in [4.78, 5) is 25.8. The lowest BCUT2D eigenvalue weighted by Crippen LogP contribution is -2.32. The number of anilines is 2. The molecule has 3 N–H and O–H groups in total. The van der Waals surface area contributed by atoms with Crippen LogP contribution in [0.15, 0.2) is 77.7 Å². The van der Waals surface area contributed by atoms with E-state index in [1.54, 1.807) is 48.5 Å². The zero-order valence-electron chi connectivity index (χ0n) is 18.8. The molecule has 0 aliphatic carbocycles. The van der Waals surface area contributed by atoms with E-state index in [4.69, 9.17) is 0 Å². The van der Waals surface area contributed by atoms with E-state index in [9.17, 15) is 18.0 Å². The third kappa shape index (κ3) is 5.98. The van der Waals surface area contributed by atoms with Crippen molar-refractivity contribution < 1.29 is 18.0 Å². The van der Waals surface area contributed by atoms with Gasteiger partial charge in [0.1, 0.15) is 0 Å². The Bertz CT molecular complexity index is 1250. The maximum atomic E-state index is 13.1. The first-order chi connectivity index (χ1) is 15.7. The quantitative estimate of drug-likeness (QED) is 0.453. The molecule has 0 fully saturated rings. The number of benzene rings is 3. The largest absolute Gasteiger partial charge is 0.350 e. The van der Waals surface area contributed by atoms with Crippen molar-refractivity contribution in [2.45, 2.75) is 38.1 Å². The summed E-state index contributed by atoms with van der Waals surface area (Å²) in [6, 6.07) is 19.4. The topological polar surface area (TPSA) is 104 Å². The van der Waals surface area contributed by atoms with E-state index in [0.29, 0.717) is 11.3 Å². The van der Waals surface area contributed by atoms with Crippen LogP contribution in [-0.2, 0) is 10.0 Å². The molecule has 0 spiro atoms. The van der Waals surface area contributed by atoms with Crippen LogP contribution in [0.4, 0.5) is 11.4 Å². The first-order valence-electron chi connectivity index (χ1n) is 10.6. The fraction of sp³-hybridized carbons (Fsp3) is 0.200. The molecule has 0 heterocycles. The minimum atomic E-state index is -3.89. The van der Waals surface area contributed by atoms with Gasteiger partial charge in [-0.05, 0) is 56.7 Å². The van der Waals surface area contributed by atoms with Gasteiger partial charge in [0.15, 0.2) is 0 Å². The lowest BCUT2D eigenvalue weighted by atomic mass is 10.1. The molecular weight excluding hydrogens is 438 g/mol. The Hall–Kier alpha value is -3.65. The van der Waals surface area contributed by atoms with Gasteiger partial charge in [0.05, 0.1) is 27.4 Å². The molecule has 33 heavy (non-hydrogen) atoms. The summed E-state index contributed by atoms with van der Waals surface area (Å²) in [5.41, 5.74) is 1.86. The first kappa shape index (κ1) is 24.0. The Morgan fingerprint density at radius 3 is 1.97 bits per heavy atom. The van der Waals surface area contributed by atoms with Crippen molar-refractivity contribution in [3.63, 3.8) is 0 Å². The van der Waals surface area contributed by atoms with E-state index in [0.717, 1.165) is 12.0 Å². The fourth-order valence-electron chi connectivity index (χ4n) is 3.07. The summed E-state index contributed by atoms with van der Waals surface area (Å²) in [7, 11) is -3.89. The van der Waals surface area contributed by atoms with Gasteiger partial charge in [-0.3, -0.25) is 14.3 Å². The van der Waals surface area contributed by atoms with E-state index in [1.165, 1.54) is 24.3 Å². The smallest absolute Gasteiger partial charge is 0.261 e. The number of hydrogen-bond acceptors (Lipinski definition) is 4. The molecule has 3 aromatic carbocycles. The standard InChI is InChI=1S/C25H27N3O4S/c1-4-18(3)26-24(29)20-9-5-7-11-22(20)27-25(30)21-10-6-8-12-23(21)28-33(31,32)19-15-13-17(2)14-16-19/h5-16,18,28H,4H2,1-3H3,(H,26,29)(H,27,30)/t18-/m0/s1. The molecule has 1 atom stereocenters. The fourth-order valence-corrected chi connectivity index (χ4v) is 4.15. The molecule has 2 amide bonds. The molecule has 3 rings (SSSR count). The highest BCUT2D eigenvalue weighted by Gasteiger charge is 2.20. The van der Waals surface area contributed by atoms with Gasteiger partial charge in [0.2, 0.25) is 0 Å². The van der Waals surface area contributed by atoms with Crippen LogP contribution >= 0.6 is 0 Å². The zero-order valence-corrected chi connectivity index (χ0v) is 19.6. The van der Waals surface area contributed by atoms with Crippen LogP contribution in [0.5, 0.6) is 0 Å². The Morgan fingerprint density at radius 1 is 0.818 bits per heavy atom. The van der Waals surface area contributed by atoms with Gasteiger partial charge in [-0.15, -0.1) is 0 Å². The number of sulfonamides is 1. The second kappa shape index (κ2) is 10.3. The predicted octanol–water partition coefficient (Wildman–Crippen LogP) is 4.58. The number of amides is 2. The number of nitrogens with one attached hydrogen (secondary N) is 3. The predicted molar refractivity (Wildman–Crippen MR) is 130 cm³/mol. The van der Waals surface area contributed by atoms with Crippen LogP contribution in [0.2, 0.25) is 0 Å². The highest BCUT2D eigenvalue weighted by atomic mass is 32.2. The monoisotopic (exact) mass is 465 g/mol. The van der Waals surface area contributed by atoms with Gasteiger partial charge in [-0.25, -0.2) is 8.42 Å². The summed E-state index contributed by atoms with van der Waals surface area (Å²) in [5, 5.41) is 5.62. The van der Waals surface area contributed by atoms with Gasteiger partial charge in [-0.2, -0.15) is 0 Å². The van der Waals surface area contributed by atoms with Gasteiger partial charge in [0.25, 0.3) is 21.8 Å². The van der Waals surface area contributed by atoms with Crippen LogP contribution in [0.25, 0.3) is 0 Å². The van der Waals surface area contributed by atoms with E-state index >= 15 is 0 Å². The normalized spacial score (nSPS) is 12.0. The third-order valence-corrected chi connectivity index (χ3v) is 6.54. The SMILES string of the molecule is CC[C@H](C)NC(=O)c1ccccc1NC(=O)c1ccccc1NS(=O)(=O)c1ccc(C)cc1. The Morgan fingerprint density at radius 2 is 1.36 bits per heavy atom. The van der Waals surface area contributed by atoms with Crippen molar-refractivity contribution in [2.75, 3.05) is 10.0 Å². The molecule has 8 heteroatoms. The minimum absolute atomic E-state index is 0.0156. The van der Waals surface area contributed by atoms with Gasteiger partial charge < -0.3 is 10.6 Å². The van der Waals surface area contributed by atoms with Crippen LogP contribution < -0.4 is 15.4 Å². The van der Waals surface area contributed by atoms with Crippen LogP contribution in [0.1, 0.15) is 46.5 Å². The van der Waals surface area contributed by atoms with Crippen molar-refractivity contribution in [3.05, 3.63) is 89.5 Å². The lowest BCUT2D eigenvalue weighted by Gasteiger charge is -2.16. The second-order valence-electron chi connectivity index (χ2n) is 7.75. The Balaban J connectivity index is 1.86. The average molecular weight is 466 g/mol. The van der Waals surface area contributed by atoms with Gasteiger partial charge in [-0.1, -0.05) is 48.9 Å². The summed E-state index contributed by atoms with van der Waals surface area (Å²) < 4.78 is 28.1. The maximum Gasteiger partial charge on any atom is 0.261 e. The highest BCUT2D eigenvalue weighted by Crippen LogP contribution is 2.23. The van der Waals surface area contributed by atoms with Crippen LogP contribution in [0, 0.1) is 6.92 Å². The number of rotatable bonds is 8. The first-order valence-corrected chi connectivity index (χ1v) is 12.1. The highest BCUT2D eigenvalue weighted by molar-refractivity contribution is 7.92. The Labute approximate surface area is 194 Å². The zero-order chi connectivity index (χ0) is 24.0. The molecule has 0 aromatic heterocycles. The molecule has 0 saturated heterocycles. The molecule has 0 bridgehead atoms. The van der Waals surface area contributed by atoms with E-state index in [-0.39, 0.29) is 28.1 Å². The molecule has 0 aliphatic rings. The average Bonchev–Trinajstić information content (AvgIpc) is 2.79. The number of para-hydroxylation sites is 2. The number of hydrogen-bond donors (Lipinski definition) is 3. The molecule has 172 valence electrons. The third-order valence-electron chi connectivity index (χ3n) is 5.16. The van der Waals surface area contributed by atoms with Gasteiger partial charge in [0, 0.05) is 6.04 Å². The lowest BCUT2D eigenvalue weighted by molar-refractivity contribution is 0.0940. The van der Waals surface area contributed by atoms with Crippen LogP contribution in [-0.4, -0.2) is 26.3 Å². The van der Waals surface area contributed by atoms with Crippen molar-refractivity contribution >= 4 is 33.2 Å². The number of carbonyl (C=O) groups excluding carboxylic acids is 2. The summed E-state index contributed by atoms with van der Waals surface area (Å²) in [5.74, 6) is -0.838. The summed E-state index contributed by atoms with van der Waals surface area (Å²) >= 11 is 0. The molecule has 0 radical (unpaired) electrons. The van der Waals surface area contributed by atoms with Crippen molar-refractivity contribution in [2.24, 2.45) is 0 Å². The van der Waals surface area contributed by atoms with E-state index in [2.05, 4.69) is 15.4 Å². The van der Waals surface area contributed by atoms with Crippen molar-refractivity contribution in [3.8, 4) is 0 Å². The minimum Gasteiger partial charge on any atom is -0.350 e. The van der Waals surface area contributed by atoms with E-state index in [1.807, 2.05) is 20.8 Å². The number of carbonyl (C=O) groups is 2. The van der Waals surface area contributed by atoms with Crippen molar-refractivity contribution in [1.82, 2.24) is 5.32 Å². The molecule has 0 aliphatic heterocycles. The van der Waals surface area contributed by atoms with E-state index < -0.39 is 15.9 Å². The molecule has 7 nitrogen and oxygen atoms in total. The molecule has 0 saturated carbocycles. The van der Waals surface area contributed by atoms with Crippen molar-refractivity contribution in [1.29, 1.82) is 0 Å². The second-order valence-corrected chi connectivity index (χ2v) is 9.43. The molecular formula is C25H27N3O4S. The molecule has 0 unspecified atom stereocenters. The Kier molecular flexibility index (Phi) is 7.50. The summed E-state index contributed by atoms with van der Waals surface area (Å²) in [6.07, 6.45) is 0.773. The van der Waals surface area contributed by atoms with Gasteiger partial charge >= 0.3 is 0 Å². The maximum absolute atomic E-state index is 13.1. The summed E-state index contributed by atoms with van der Waals surface area (Å²) in [6.45, 7) is 5.73.